The maximum absolute atomic E-state index is 13.0. The summed E-state index contributed by atoms with van der Waals surface area (Å²) >= 11 is 1.49. The molecule has 24 heavy (non-hydrogen) atoms. The Bertz CT molecular complexity index is 800. The van der Waals surface area contributed by atoms with Crippen LogP contribution in [0.15, 0.2) is 24.3 Å². The molecule has 1 amide bonds. The van der Waals surface area contributed by atoms with Gasteiger partial charge in [0.2, 0.25) is 0 Å². The zero-order valence-corrected chi connectivity index (χ0v) is 13.6. The fourth-order valence-electron chi connectivity index (χ4n) is 2.81. The van der Waals surface area contributed by atoms with Crippen LogP contribution < -0.4 is 14.8 Å². The number of ether oxygens (including phenoxy) is 2. The van der Waals surface area contributed by atoms with Gasteiger partial charge in [-0.1, -0.05) is 6.07 Å². The quantitative estimate of drug-likeness (QED) is 0.923. The lowest BCUT2D eigenvalue weighted by Gasteiger charge is -2.16. The standard InChI is InChI=1S/C16H14F2N2O3S/c1-20(15(21)13-5-10-6-19-7-14(10)24-13)8-9-2-3-11-12(4-9)23-16(17,18)22-11/h2-5,19H,6-8H2,1H3. The Balaban J connectivity index is 1.48. The van der Waals surface area contributed by atoms with E-state index in [1.807, 2.05) is 6.07 Å². The van der Waals surface area contributed by atoms with Gasteiger partial charge < -0.3 is 19.7 Å². The highest BCUT2D eigenvalue weighted by Crippen LogP contribution is 2.41. The van der Waals surface area contributed by atoms with Gasteiger partial charge in [0, 0.05) is 31.6 Å². The second kappa shape index (κ2) is 5.42. The number of amides is 1. The highest BCUT2D eigenvalue weighted by Gasteiger charge is 2.43. The van der Waals surface area contributed by atoms with Crippen molar-refractivity contribution in [3.63, 3.8) is 0 Å². The molecule has 0 radical (unpaired) electrons. The summed E-state index contributed by atoms with van der Waals surface area (Å²) < 4.78 is 34.9. The first-order valence-corrected chi connectivity index (χ1v) is 8.19. The van der Waals surface area contributed by atoms with E-state index in [1.165, 1.54) is 33.9 Å². The molecule has 4 rings (SSSR count). The van der Waals surface area contributed by atoms with E-state index in [0.29, 0.717) is 17.0 Å². The van der Waals surface area contributed by atoms with Crippen LogP contribution in [-0.4, -0.2) is 24.1 Å². The lowest BCUT2D eigenvalue weighted by molar-refractivity contribution is -0.286. The van der Waals surface area contributed by atoms with Crippen LogP contribution in [0.3, 0.4) is 0 Å². The molecular formula is C16H14F2N2O3S. The molecule has 0 saturated heterocycles. The number of thiophene rings is 1. The second-order valence-electron chi connectivity index (χ2n) is 5.77. The molecule has 1 N–H and O–H groups in total. The lowest BCUT2D eigenvalue weighted by atomic mass is 10.2. The summed E-state index contributed by atoms with van der Waals surface area (Å²) in [4.78, 5) is 16.0. The molecule has 0 fully saturated rings. The van der Waals surface area contributed by atoms with E-state index in [9.17, 15) is 13.6 Å². The minimum atomic E-state index is -3.63. The smallest absolute Gasteiger partial charge is 0.395 e. The fraction of sp³-hybridized carbons (Fsp3) is 0.312. The van der Waals surface area contributed by atoms with Gasteiger partial charge in [0.15, 0.2) is 11.5 Å². The molecule has 2 aromatic rings. The van der Waals surface area contributed by atoms with Crippen molar-refractivity contribution in [1.29, 1.82) is 0 Å². The Kier molecular flexibility index (Phi) is 3.47. The number of carbonyl (C=O) groups is 1. The largest absolute Gasteiger partial charge is 0.586 e. The Morgan fingerprint density at radius 2 is 2.08 bits per heavy atom. The highest BCUT2D eigenvalue weighted by atomic mass is 32.1. The number of hydrogen-bond donors (Lipinski definition) is 1. The van der Waals surface area contributed by atoms with Crippen LogP contribution in [0, 0.1) is 0 Å². The molecule has 2 aliphatic heterocycles. The van der Waals surface area contributed by atoms with Gasteiger partial charge in [-0.3, -0.25) is 4.79 Å². The van der Waals surface area contributed by atoms with Crippen LogP contribution in [0.4, 0.5) is 8.78 Å². The Morgan fingerprint density at radius 1 is 1.29 bits per heavy atom. The van der Waals surface area contributed by atoms with Gasteiger partial charge in [0.05, 0.1) is 4.88 Å². The summed E-state index contributed by atoms with van der Waals surface area (Å²) in [6, 6.07) is 6.46. The van der Waals surface area contributed by atoms with Crippen LogP contribution in [0.5, 0.6) is 11.5 Å². The number of hydrogen-bond acceptors (Lipinski definition) is 5. The minimum absolute atomic E-state index is 0.0000819. The molecular weight excluding hydrogens is 338 g/mol. The van der Waals surface area contributed by atoms with E-state index in [-0.39, 0.29) is 17.4 Å². The van der Waals surface area contributed by atoms with Gasteiger partial charge in [-0.05, 0) is 29.3 Å². The Labute approximate surface area is 140 Å². The van der Waals surface area contributed by atoms with Crippen molar-refractivity contribution in [3.8, 4) is 11.5 Å². The molecule has 1 aromatic carbocycles. The maximum Gasteiger partial charge on any atom is 0.586 e. The molecule has 0 spiro atoms. The number of nitrogens with zero attached hydrogens (tertiary/aromatic N) is 1. The van der Waals surface area contributed by atoms with Crippen LogP contribution >= 0.6 is 11.3 Å². The lowest BCUT2D eigenvalue weighted by Crippen LogP contribution is -2.26. The van der Waals surface area contributed by atoms with E-state index in [2.05, 4.69) is 14.8 Å². The van der Waals surface area contributed by atoms with E-state index in [0.717, 1.165) is 13.1 Å². The number of rotatable bonds is 3. The van der Waals surface area contributed by atoms with Crippen molar-refractivity contribution < 1.29 is 23.0 Å². The van der Waals surface area contributed by atoms with Gasteiger partial charge in [0.1, 0.15) is 0 Å². The van der Waals surface area contributed by atoms with Gasteiger partial charge in [0.25, 0.3) is 5.91 Å². The number of halogens is 2. The number of fused-ring (bicyclic) bond motifs is 2. The number of alkyl halides is 2. The van der Waals surface area contributed by atoms with Crippen molar-refractivity contribution >= 4 is 17.2 Å². The zero-order valence-electron chi connectivity index (χ0n) is 12.8. The average molecular weight is 352 g/mol. The van der Waals surface area contributed by atoms with E-state index < -0.39 is 6.29 Å². The van der Waals surface area contributed by atoms with Gasteiger partial charge in [-0.25, -0.2) is 0 Å². The Hall–Kier alpha value is -2.19. The fourth-order valence-corrected chi connectivity index (χ4v) is 3.95. The van der Waals surface area contributed by atoms with Crippen molar-refractivity contribution in [3.05, 3.63) is 45.1 Å². The minimum Gasteiger partial charge on any atom is -0.395 e. The third-order valence-corrected chi connectivity index (χ3v) is 5.11. The number of carbonyl (C=O) groups excluding carboxylic acids is 1. The first-order valence-electron chi connectivity index (χ1n) is 7.38. The first-order chi connectivity index (χ1) is 11.4. The third-order valence-electron chi connectivity index (χ3n) is 3.94. The summed E-state index contributed by atoms with van der Waals surface area (Å²) in [5.74, 6) is -0.100. The van der Waals surface area contributed by atoms with Gasteiger partial charge in [-0.2, -0.15) is 0 Å². The molecule has 8 heteroatoms. The van der Waals surface area contributed by atoms with Crippen LogP contribution in [0.25, 0.3) is 0 Å². The number of nitrogens with one attached hydrogen (secondary N) is 1. The monoisotopic (exact) mass is 352 g/mol. The third kappa shape index (κ3) is 2.71. The van der Waals surface area contributed by atoms with Crippen LogP contribution in [0.2, 0.25) is 0 Å². The van der Waals surface area contributed by atoms with Crippen LogP contribution in [-0.2, 0) is 19.6 Å². The predicted octanol–water partition coefficient (Wildman–Crippen LogP) is 2.95. The second-order valence-corrected chi connectivity index (χ2v) is 6.91. The molecule has 0 saturated carbocycles. The van der Waals surface area contributed by atoms with Gasteiger partial charge >= 0.3 is 6.29 Å². The molecule has 2 aliphatic rings. The molecule has 0 unspecified atom stereocenters. The van der Waals surface area contributed by atoms with E-state index in [1.54, 1.807) is 18.0 Å². The average Bonchev–Trinajstić information content (AvgIpc) is 3.16. The molecule has 0 atom stereocenters. The first kappa shape index (κ1) is 15.3. The maximum atomic E-state index is 13.0. The molecule has 5 nitrogen and oxygen atoms in total. The SMILES string of the molecule is CN(Cc1ccc2c(c1)OC(F)(F)O2)C(=O)c1cc2c(s1)CNC2. The highest BCUT2D eigenvalue weighted by molar-refractivity contribution is 7.14. The molecule has 126 valence electrons. The number of benzene rings is 1. The van der Waals surface area contributed by atoms with E-state index in [4.69, 9.17) is 0 Å². The summed E-state index contributed by atoms with van der Waals surface area (Å²) in [5, 5.41) is 3.23. The molecule has 0 bridgehead atoms. The molecule has 1 aromatic heterocycles. The summed E-state index contributed by atoms with van der Waals surface area (Å²) in [7, 11) is 1.69. The Morgan fingerprint density at radius 3 is 2.88 bits per heavy atom. The van der Waals surface area contributed by atoms with Crippen molar-refractivity contribution in [1.82, 2.24) is 10.2 Å². The topological polar surface area (TPSA) is 50.8 Å². The summed E-state index contributed by atoms with van der Waals surface area (Å²) in [5.41, 5.74) is 1.86. The summed E-state index contributed by atoms with van der Waals surface area (Å²) in [6.45, 7) is 1.88. The molecule has 3 heterocycles. The van der Waals surface area contributed by atoms with E-state index >= 15 is 0 Å². The van der Waals surface area contributed by atoms with Crippen molar-refractivity contribution in [2.45, 2.75) is 25.9 Å². The van der Waals surface area contributed by atoms with Crippen molar-refractivity contribution in [2.75, 3.05) is 7.05 Å². The summed E-state index contributed by atoms with van der Waals surface area (Å²) in [6.07, 6.45) is -3.63. The van der Waals surface area contributed by atoms with Crippen LogP contribution in [0.1, 0.15) is 25.7 Å². The normalized spacial score (nSPS) is 17.0. The molecule has 0 aliphatic carbocycles. The predicted molar refractivity (Wildman–Crippen MR) is 83.3 cm³/mol. The van der Waals surface area contributed by atoms with Gasteiger partial charge in [-0.15, -0.1) is 20.1 Å². The van der Waals surface area contributed by atoms with Crippen molar-refractivity contribution in [2.24, 2.45) is 0 Å². The zero-order chi connectivity index (χ0) is 16.9.